The van der Waals surface area contributed by atoms with Gasteiger partial charge in [0.15, 0.2) is 0 Å². The highest BCUT2D eigenvalue weighted by atomic mass is 19.1. The second-order valence-corrected chi connectivity index (χ2v) is 4.07. The molecule has 0 bridgehead atoms. The van der Waals surface area contributed by atoms with E-state index in [9.17, 15) is 14.0 Å². The van der Waals surface area contributed by atoms with Gasteiger partial charge in [-0.05, 0) is 18.2 Å². The molecule has 1 amide bonds. The Morgan fingerprint density at radius 3 is 2.89 bits per heavy atom. The lowest BCUT2D eigenvalue weighted by Gasteiger charge is -2.23. The third-order valence-electron chi connectivity index (χ3n) is 2.71. The van der Waals surface area contributed by atoms with E-state index in [4.69, 9.17) is 9.84 Å². The topological polar surface area (TPSA) is 87.7 Å². The van der Waals surface area contributed by atoms with E-state index in [2.05, 4.69) is 10.6 Å². The molecule has 3 N–H and O–H groups in total. The average molecular weight is 268 g/mol. The number of halogens is 1. The maximum absolute atomic E-state index is 13.1. The van der Waals surface area contributed by atoms with Gasteiger partial charge in [-0.25, -0.2) is 9.18 Å². The predicted molar refractivity (Wildman–Crippen MR) is 64.6 cm³/mol. The third kappa shape index (κ3) is 3.27. The fourth-order valence-corrected chi connectivity index (χ4v) is 1.76. The van der Waals surface area contributed by atoms with Crippen LogP contribution in [0.5, 0.6) is 0 Å². The summed E-state index contributed by atoms with van der Waals surface area (Å²) in [5, 5.41) is 14.3. The second kappa shape index (κ2) is 5.77. The van der Waals surface area contributed by atoms with E-state index in [1.807, 2.05) is 0 Å². The Labute approximate surface area is 108 Å². The number of anilines is 1. The van der Waals surface area contributed by atoms with Crippen LogP contribution < -0.4 is 10.6 Å². The minimum absolute atomic E-state index is 0.0649. The molecule has 1 saturated heterocycles. The summed E-state index contributed by atoms with van der Waals surface area (Å²) in [6.07, 6.45) is 0. The van der Waals surface area contributed by atoms with Crippen LogP contribution in [0, 0.1) is 5.82 Å². The van der Waals surface area contributed by atoms with Gasteiger partial charge >= 0.3 is 5.97 Å². The number of carbonyl (C=O) groups is 2. The maximum Gasteiger partial charge on any atom is 0.337 e. The van der Waals surface area contributed by atoms with E-state index in [0.717, 1.165) is 18.2 Å². The Hall–Kier alpha value is -1.99. The summed E-state index contributed by atoms with van der Waals surface area (Å²) < 4.78 is 18.2. The van der Waals surface area contributed by atoms with Crippen LogP contribution in [0.25, 0.3) is 0 Å². The van der Waals surface area contributed by atoms with Crippen molar-refractivity contribution in [2.45, 2.75) is 6.04 Å². The van der Waals surface area contributed by atoms with Crippen LogP contribution >= 0.6 is 0 Å². The molecule has 1 unspecified atom stereocenters. The third-order valence-corrected chi connectivity index (χ3v) is 2.71. The van der Waals surface area contributed by atoms with Gasteiger partial charge in [-0.3, -0.25) is 4.79 Å². The number of rotatable bonds is 3. The van der Waals surface area contributed by atoms with Crippen LogP contribution in [0.3, 0.4) is 0 Å². The predicted octanol–water partition coefficient (Wildman–Crippen LogP) is 0.451. The zero-order valence-electron chi connectivity index (χ0n) is 9.98. The monoisotopic (exact) mass is 268 g/mol. The van der Waals surface area contributed by atoms with Crippen molar-refractivity contribution >= 4 is 17.6 Å². The van der Waals surface area contributed by atoms with Crippen molar-refractivity contribution in [2.75, 3.05) is 25.1 Å². The minimum atomic E-state index is -1.23. The summed E-state index contributed by atoms with van der Waals surface area (Å²) in [7, 11) is 0. The Balaban J connectivity index is 2.15. The van der Waals surface area contributed by atoms with Gasteiger partial charge in [-0.1, -0.05) is 0 Å². The molecule has 0 spiro atoms. The standard InChI is InChI=1S/C12H13FN2O4/c13-7-1-2-8(12(17)18)9(5-7)15-11(16)10-6-19-4-3-14-10/h1-2,5,10,14H,3-4,6H2,(H,15,16)(H,17,18). The number of hydrogen-bond acceptors (Lipinski definition) is 4. The van der Waals surface area contributed by atoms with Gasteiger partial charge in [0.05, 0.1) is 24.5 Å². The Morgan fingerprint density at radius 1 is 1.47 bits per heavy atom. The summed E-state index contributed by atoms with van der Waals surface area (Å²) in [5.41, 5.74) is -0.226. The molecular weight excluding hydrogens is 255 g/mol. The molecule has 1 aromatic carbocycles. The number of amides is 1. The number of aromatic carboxylic acids is 1. The summed E-state index contributed by atoms with van der Waals surface area (Å²) in [6, 6.07) is 2.54. The molecule has 1 aliphatic rings. The molecule has 1 heterocycles. The average Bonchev–Trinajstić information content (AvgIpc) is 2.39. The van der Waals surface area contributed by atoms with Gasteiger partial charge in [-0.15, -0.1) is 0 Å². The smallest absolute Gasteiger partial charge is 0.337 e. The molecule has 0 aliphatic carbocycles. The summed E-state index contributed by atoms with van der Waals surface area (Å²) in [6.45, 7) is 1.25. The van der Waals surface area contributed by atoms with Gasteiger partial charge < -0.3 is 20.5 Å². The van der Waals surface area contributed by atoms with Gasteiger partial charge in [0, 0.05) is 6.54 Å². The zero-order valence-corrected chi connectivity index (χ0v) is 9.98. The first-order valence-electron chi connectivity index (χ1n) is 5.73. The van der Waals surface area contributed by atoms with Crippen molar-refractivity contribution in [3.63, 3.8) is 0 Å². The number of carboxylic acid groups (broad SMARTS) is 1. The number of ether oxygens (including phenoxy) is 1. The first kappa shape index (κ1) is 13.4. The largest absolute Gasteiger partial charge is 0.478 e. The van der Waals surface area contributed by atoms with Crippen LogP contribution in [-0.4, -0.2) is 42.8 Å². The van der Waals surface area contributed by atoms with Gasteiger partial charge in [0.25, 0.3) is 0 Å². The van der Waals surface area contributed by atoms with E-state index < -0.39 is 23.7 Å². The zero-order chi connectivity index (χ0) is 13.8. The Kier molecular flexibility index (Phi) is 4.08. The van der Waals surface area contributed by atoms with Gasteiger partial charge in [0.1, 0.15) is 11.9 Å². The molecule has 7 heteroatoms. The molecule has 6 nitrogen and oxygen atoms in total. The summed E-state index contributed by atoms with van der Waals surface area (Å²) >= 11 is 0. The van der Waals surface area contributed by atoms with E-state index in [-0.39, 0.29) is 17.9 Å². The van der Waals surface area contributed by atoms with Crippen LogP contribution in [0.15, 0.2) is 18.2 Å². The number of nitrogens with one attached hydrogen (secondary N) is 2. The molecule has 0 aromatic heterocycles. The lowest BCUT2D eigenvalue weighted by molar-refractivity contribution is -0.120. The lowest BCUT2D eigenvalue weighted by atomic mass is 10.1. The Bertz CT molecular complexity index is 501. The van der Waals surface area contributed by atoms with Crippen molar-refractivity contribution < 1.29 is 23.8 Å². The molecule has 19 heavy (non-hydrogen) atoms. The van der Waals surface area contributed by atoms with Crippen LogP contribution in [0.1, 0.15) is 10.4 Å². The maximum atomic E-state index is 13.1. The van der Waals surface area contributed by atoms with E-state index in [1.54, 1.807) is 0 Å². The highest BCUT2D eigenvalue weighted by Gasteiger charge is 2.23. The highest BCUT2D eigenvalue weighted by Crippen LogP contribution is 2.17. The molecular formula is C12H13FN2O4. The van der Waals surface area contributed by atoms with E-state index in [0.29, 0.717) is 13.2 Å². The number of carboxylic acids is 1. The van der Waals surface area contributed by atoms with Gasteiger partial charge in [-0.2, -0.15) is 0 Å². The first-order chi connectivity index (χ1) is 9.08. The van der Waals surface area contributed by atoms with Crippen molar-refractivity contribution in [1.29, 1.82) is 0 Å². The first-order valence-corrected chi connectivity index (χ1v) is 5.73. The summed E-state index contributed by atoms with van der Waals surface area (Å²) in [5.74, 6) is -2.30. The van der Waals surface area contributed by atoms with E-state index >= 15 is 0 Å². The Morgan fingerprint density at radius 2 is 2.26 bits per heavy atom. The van der Waals surface area contributed by atoms with Crippen LogP contribution in [-0.2, 0) is 9.53 Å². The van der Waals surface area contributed by atoms with E-state index in [1.165, 1.54) is 0 Å². The number of hydrogen-bond donors (Lipinski definition) is 3. The molecule has 1 aromatic rings. The fraction of sp³-hybridized carbons (Fsp3) is 0.333. The lowest BCUT2D eigenvalue weighted by Crippen LogP contribution is -2.49. The molecule has 1 atom stereocenters. The second-order valence-electron chi connectivity index (χ2n) is 4.07. The number of carbonyl (C=O) groups excluding carboxylic acids is 1. The van der Waals surface area contributed by atoms with Crippen LogP contribution in [0.2, 0.25) is 0 Å². The normalized spacial score (nSPS) is 18.9. The molecule has 0 saturated carbocycles. The number of benzene rings is 1. The molecule has 1 aliphatic heterocycles. The fourth-order valence-electron chi connectivity index (χ4n) is 1.76. The van der Waals surface area contributed by atoms with Crippen molar-refractivity contribution in [2.24, 2.45) is 0 Å². The van der Waals surface area contributed by atoms with Crippen molar-refractivity contribution in [3.05, 3.63) is 29.6 Å². The van der Waals surface area contributed by atoms with Crippen LogP contribution in [0.4, 0.5) is 10.1 Å². The quantitative estimate of drug-likeness (QED) is 0.741. The van der Waals surface area contributed by atoms with Gasteiger partial charge in [0.2, 0.25) is 5.91 Å². The minimum Gasteiger partial charge on any atom is -0.478 e. The molecule has 1 fully saturated rings. The molecule has 0 radical (unpaired) electrons. The summed E-state index contributed by atoms with van der Waals surface area (Å²) in [4.78, 5) is 22.9. The van der Waals surface area contributed by atoms with Crippen molar-refractivity contribution in [3.8, 4) is 0 Å². The van der Waals surface area contributed by atoms with Crippen molar-refractivity contribution in [1.82, 2.24) is 5.32 Å². The SMILES string of the molecule is O=C(O)c1ccc(F)cc1NC(=O)C1COCCN1. The molecule has 2 rings (SSSR count). The molecule has 102 valence electrons. The number of morpholine rings is 1. The highest BCUT2D eigenvalue weighted by molar-refractivity contribution is 6.02.